The van der Waals surface area contributed by atoms with E-state index in [0.29, 0.717) is 50.3 Å². The maximum atomic E-state index is 12.7. The quantitative estimate of drug-likeness (QED) is 0.661. The second-order valence-electron chi connectivity index (χ2n) is 7.03. The Morgan fingerprint density at radius 2 is 1.93 bits per heavy atom. The Morgan fingerprint density at radius 1 is 1.21 bits per heavy atom. The van der Waals surface area contributed by atoms with Crippen LogP contribution in [-0.4, -0.2) is 66.5 Å². The summed E-state index contributed by atoms with van der Waals surface area (Å²) in [6, 6.07) is 5.53. The Labute approximate surface area is 170 Å². The van der Waals surface area contributed by atoms with Crippen LogP contribution in [0.4, 0.5) is 0 Å². The predicted octanol–water partition coefficient (Wildman–Crippen LogP) is 1.23. The topological polar surface area (TPSA) is 104 Å². The molecule has 0 aliphatic carbocycles. The summed E-state index contributed by atoms with van der Waals surface area (Å²) in [7, 11) is 1.24. The van der Waals surface area contributed by atoms with Crippen LogP contribution in [0.25, 0.3) is 0 Å². The van der Waals surface area contributed by atoms with Gasteiger partial charge in [0, 0.05) is 32.6 Å². The first kappa shape index (κ1) is 21.1. The molecule has 2 aromatic rings. The molecule has 1 amide bonds. The summed E-state index contributed by atoms with van der Waals surface area (Å²) in [6.45, 7) is 0.834. The molecule has 0 saturated carbocycles. The number of methoxy groups -OCH3 is 2. The number of benzene rings is 1. The number of nitrogens with zero attached hydrogens (tertiary/aromatic N) is 4. The van der Waals surface area contributed by atoms with Crippen LogP contribution in [0, 0.1) is 0 Å². The van der Waals surface area contributed by atoms with Gasteiger partial charge < -0.3 is 18.9 Å². The van der Waals surface area contributed by atoms with E-state index in [1.165, 1.54) is 10.9 Å². The summed E-state index contributed by atoms with van der Waals surface area (Å²) < 4.78 is 37.4. The smallest absolute Gasteiger partial charge is 0.249 e. The van der Waals surface area contributed by atoms with Gasteiger partial charge in [-0.3, -0.25) is 4.79 Å². The standard InChI is InChI=1S/C19H26N4O5S/c1-22-13-20-21-19(22)29(25,26)16-8-10-23(11-9-16)18(24)7-5-14-4-6-15(27-2)12-17(14)28-3/h4,6,12-13,16H,5,7-11H2,1-3H3. The van der Waals surface area contributed by atoms with Crippen LogP contribution in [0.1, 0.15) is 24.8 Å². The Kier molecular flexibility index (Phi) is 6.41. The van der Waals surface area contributed by atoms with Gasteiger partial charge in [-0.1, -0.05) is 6.07 Å². The SMILES string of the molecule is COc1ccc(CCC(=O)N2CCC(S(=O)(=O)c3nncn3C)CC2)c(OC)c1. The van der Waals surface area contributed by atoms with Crippen molar-refractivity contribution < 1.29 is 22.7 Å². The summed E-state index contributed by atoms with van der Waals surface area (Å²) in [5.74, 6) is 1.39. The van der Waals surface area contributed by atoms with Crippen LogP contribution in [0.3, 0.4) is 0 Å². The predicted molar refractivity (Wildman–Crippen MR) is 106 cm³/mol. The Balaban J connectivity index is 1.56. The van der Waals surface area contributed by atoms with Crippen molar-refractivity contribution in [2.24, 2.45) is 7.05 Å². The lowest BCUT2D eigenvalue weighted by atomic mass is 10.1. The number of rotatable bonds is 7. The van der Waals surface area contributed by atoms with E-state index in [1.807, 2.05) is 12.1 Å². The van der Waals surface area contributed by atoms with Gasteiger partial charge in [-0.25, -0.2) is 8.42 Å². The van der Waals surface area contributed by atoms with Crippen molar-refractivity contribution in [1.82, 2.24) is 19.7 Å². The van der Waals surface area contributed by atoms with E-state index in [2.05, 4.69) is 10.2 Å². The van der Waals surface area contributed by atoms with E-state index in [9.17, 15) is 13.2 Å². The van der Waals surface area contributed by atoms with E-state index in [-0.39, 0.29) is 11.1 Å². The second-order valence-corrected chi connectivity index (χ2v) is 9.15. The van der Waals surface area contributed by atoms with Crippen LogP contribution < -0.4 is 9.47 Å². The number of carbonyl (C=O) groups excluding carboxylic acids is 1. The number of amides is 1. The third kappa shape index (κ3) is 4.52. The molecule has 0 atom stereocenters. The molecule has 0 bridgehead atoms. The fraction of sp³-hybridized carbons (Fsp3) is 0.526. The highest BCUT2D eigenvalue weighted by molar-refractivity contribution is 7.91. The monoisotopic (exact) mass is 422 g/mol. The number of aryl methyl sites for hydroxylation is 2. The second kappa shape index (κ2) is 8.81. The van der Waals surface area contributed by atoms with Gasteiger partial charge in [0.25, 0.3) is 0 Å². The van der Waals surface area contributed by atoms with Gasteiger partial charge in [0.05, 0.1) is 19.5 Å². The lowest BCUT2D eigenvalue weighted by Gasteiger charge is -2.31. The molecule has 1 aliphatic rings. The Morgan fingerprint density at radius 3 is 2.52 bits per heavy atom. The molecule has 9 nitrogen and oxygen atoms in total. The number of ether oxygens (including phenoxy) is 2. The van der Waals surface area contributed by atoms with Crippen molar-refractivity contribution in [2.45, 2.75) is 36.1 Å². The molecular formula is C19H26N4O5S. The molecule has 1 fully saturated rings. The zero-order valence-electron chi connectivity index (χ0n) is 16.9. The van der Waals surface area contributed by atoms with Gasteiger partial charge in [-0.05, 0) is 30.9 Å². The first-order valence-electron chi connectivity index (χ1n) is 9.43. The maximum absolute atomic E-state index is 12.7. The summed E-state index contributed by atoms with van der Waals surface area (Å²) in [5.41, 5.74) is 0.932. The number of likely N-dealkylation sites (tertiary alicyclic amines) is 1. The first-order valence-corrected chi connectivity index (χ1v) is 11.0. The van der Waals surface area contributed by atoms with Crippen molar-refractivity contribution in [3.8, 4) is 11.5 Å². The van der Waals surface area contributed by atoms with Gasteiger partial charge in [0.2, 0.25) is 20.9 Å². The largest absolute Gasteiger partial charge is 0.497 e. The third-order valence-electron chi connectivity index (χ3n) is 5.26. The molecule has 0 radical (unpaired) electrons. The average molecular weight is 423 g/mol. The molecular weight excluding hydrogens is 396 g/mol. The normalized spacial score (nSPS) is 15.3. The highest BCUT2D eigenvalue weighted by Gasteiger charge is 2.35. The van der Waals surface area contributed by atoms with Crippen molar-refractivity contribution >= 4 is 15.7 Å². The van der Waals surface area contributed by atoms with Crippen molar-refractivity contribution in [3.05, 3.63) is 30.1 Å². The number of sulfone groups is 1. The Hall–Kier alpha value is -2.62. The lowest BCUT2D eigenvalue weighted by molar-refractivity contribution is -0.132. The molecule has 1 aromatic carbocycles. The molecule has 3 rings (SSSR count). The van der Waals surface area contributed by atoms with Crippen LogP contribution in [0.2, 0.25) is 0 Å². The number of hydrogen-bond donors (Lipinski definition) is 0. The number of carbonyl (C=O) groups is 1. The van der Waals surface area contributed by atoms with E-state index in [4.69, 9.17) is 9.47 Å². The fourth-order valence-electron chi connectivity index (χ4n) is 3.55. The number of hydrogen-bond acceptors (Lipinski definition) is 7. The average Bonchev–Trinajstić information content (AvgIpc) is 3.18. The first-order chi connectivity index (χ1) is 13.9. The summed E-state index contributed by atoms with van der Waals surface area (Å²) in [4.78, 5) is 14.4. The molecule has 0 spiro atoms. The molecule has 1 saturated heterocycles. The van der Waals surface area contributed by atoms with Gasteiger partial charge in [0.1, 0.15) is 17.8 Å². The van der Waals surface area contributed by atoms with Gasteiger partial charge in [0.15, 0.2) is 0 Å². The minimum Gasteiger partial charge on any atom is -0.497 e. The van der Waals surface area contributed by atoms with Crippen molar-refractivity contribution in [3.63, 3.8) is 0 Å². The van der Waals surface area contributed by atoms with E-state index in [1.54, 1.807) is 32.2 Å². The third-order valence-corrected chi connectivity index (χ3v) is 7.49. The van der Waals surface area contributed by atoms with Crippen LogP contribution >= 0.6 is 0 Å². The number of aromatic nitrogens is 3. The molecule has 0 N–H and O–H groups in total. The van der Waals surface area contributed by atoms with Crippen LogP contribution in [0.15, 0.2) is 29.7 Å². The minimum atomic E-state index is -3.55. The zero-order chi connectivity index (χ0) is 21.0. The highest BCUT2D eigenvalue weighted by atomic mass is 32.2. The molecule has 10 heteroatoms. The van der Waals surface area contributed by atoms with E-state index >= 15 is 0 Å². The number of piperidine rings is 1. The molecule has 158 valence electrons. The van der Waals surface area contributed by atoms with Crippen LogP contribution in [-0.2, 0) is 28.1 Å². The van der Waals surface area contributed by atoms with Gasteiger partial charge in [-0.2, -0.15) is 0 Å². The maximum Gasteiger partial charge on any atom is 0.249 e. The molecule has 2 heterocycles. The fourth-order valence-corrected chi connectivity index (χ4v) is 5.29. The Bertz CT molecular complexity index is 965. The van der Waals surface area contributed by atoms with Crippen LogP contribution in [0.5, 0.6) is 11.5 Å². The molecule has 0 unspecified atom stereocenters. The molecule has 29 heavy (non-hydrogen) atoms. The van der Waals surface area contributed by atoms with Crippen molar-refractivity contribution in [2.75, 3.05) is 27.3 Å². The molecule has 1 aromatic heterocycles. The summed E-state index contributed by atoms with van der Waals surface area (Å²) >= 11 is 0. The zero-order valence-corrected chi connectivity index (χ0v) is 17.7. The van der Waals surface area contributed by atoms with Gasteiger partial charge >= 0.3 is 0 Å². The highest BCUT2D eigenvalue weighted by Crippen LogP contribution is 2.27. The molecule has 1 aliphatic heterocycles. The van der Waals surface area contributed by atoms with E-state index in [0.717, 1.165) is 5.56 Å². The van der Waals surface area contributed by atoms with Crippen molar-refractivity contribution in [1.29, 1.82) is 0 Å². The van der Waals surface area contributed by atoms with Gasteiger partial charge in [-0.15, -0.1) is 10.2 Å². The minimum absolute atomic E-state index is 0.0115. The summed E-state index contributed by atoms with van der Waals surface area (Å²) in [6.07, 6.45) is 3.05. The van der Waals surface area contributed by atoms with E-state index < -0.39 is 15.1 Å². The summed E-state index contributed by atoms with van der Waals surface area (Å²) in [5, 5.41) is 6.82. The lowest BCUT2D eigenvalue weighted by Crippen LogP contribution is -2.43.